The zero-order chi connectivity index (χ0) is 26.4. The van der Waals surface area contributed by atoms with Crippen LogP contribution in [-0.4, -0.2) is 56.6 Å². The topological polar surface area (TPSA) is 96.0 Å². The summed E-state index contributed by atoms with van der Waals surface area (Å²) in [6, 6.07) is 13.2. The van der Waals surface area contributed by atoms with Gasteiger partial charge in [-0.15, -0.1) is 0 Å². The summed E-state index contributed by atoms with van der Waals surface area (Å²) in [4.78, 5) is 28.3. The Kier molecular flexibility index (Phi) is 9.74. The number of amides is 2. The summed E-state index contributed by atoms with van der Waals surface area (Å²) in [6.45, 7) is 7.11. The van der Waals surface area contributed by atoms with E-state index in [-0.39, 0.29) is 12.5 Å². The maximum absolute atomic E-state index is 13.7. The molecule has 35 heavy (non-hydrogen) atoms. The first-order chi connectivity index (χ1) is 16.3. The van der Waals surface area contributed by atoms with Gasteiger partial charge in [-0.3, -0.25) is 13.9 Å². The molecular weight excluding hydrogens is 534 g/mol. The Morgan fingerprint density at radius 1 is 1.09 bits per heavy atom. The average molecular weight is 569 g/mol. The van der Waals surface area contributed by atoms with Crippen LogP contribution in [-0.2, 0) is 26.2 Å². The van der Waals surface area contributed by atoms with Crippen molar-refractivity contribution >= 4 is 43.5 Å². The van der Waals surface area contributed by atoms with E-state index >= 15 is 0 Å². The van der Waals surface area contributed by atoms with Crippen LogP contribution in [0.2, 0.25) is 0 Å². The lowest BCUT2D eigenvalue weighted by Gasteiger charge is -2.34. The number of para-hydroxylation sites is 1. The van der Waals surface area contributed by atoms with E-state index in [2.05, 4.69) is 21.2 Å². The normalized spacial score (nSPS) is 12.5. The van der Waals surface area contributed by atoms with Gasteiger partial charge in [0.25, 0.3) is 0 Å². The van der Waals surface area contributed by atoms with Gasteiger partial charge in [0.2, 0.25) is 21.8 Å². The van der Waals surface area contributed by atoms with Crippen LogP contribution in [0.25, 0.3) is 0 Å². The molecule has 0 saturated heterocycles. The summed E-state index contributed by atoms with van der Waals surface area (Å²) in [7, 11) is -2.23. The lowest BCUT2D eigenvalue weighted by molar-refractivity contribution is -0.141. The number of rotatable bonds is 10. The van der Waals surface area contributed by atoms with Gasteiger partial charge in [-0.25, -0.2) is 8.42 Å². The molecular formula is C25H34BrN3O5S. The minimum absolute atomic E-state index is 0.131. The molecule has 0 fully saturated rings. The number of hydrogen-bond acceptors (Lipinski definition) is 5. The summed E-state index contributed by atoms with van der Waals surface area (Å²) in [6.07, 6.45) is 1.41. The molecule has 2 aromatic rings. The summed E-state index contributed by atoms with van der Waals surface area (Å²) in [5.41, 5.74) is 0.639. The maximum atomic E-state index is 13.7. The second-order valence-corrected chi connectivity index (χ2v) is 12.0. The molecule has 192 valence electrons. The number of methoxy groups -OCH3 is 1. The largest absolute Gasteiger partial charge is 0.497 e. The smallest absolute Gasteiger partial charge is 0.244 e. The fourth-order valence-corrected chi connectivity index (χ4v) is 5.03. The Bertz CT molecular complexity index is 1130. The van der Waals surface area contributed by atoms with Gasteiger partial charge in [-0.1, -0.05) is 31.2 Å². The van der Waals surface area contributed by atoms with Crippen LogP contribution in [0.5, 0.6) is 5.75 Å². The van der Waals surface area contributed by atoms with Crippen molar-refractivity contribution in [1.29, 1.82) is 0 Å². The lowest BCUT2D eigenvalue weighted by atomic mass is 10.1. The first kappa shape index (κ1) is 28.6. The highest BCUT2D eigenvalue weighted by Gasteiger charge is 2.33. The van der Waals surface area contributed by atoms with Crippen LogP contribution in [0, 0.1) is 0 Å². The van der Waals surface area contributed by atoms with E-state index in [9.17, 15) is 18.0 Å². The van der Waals surface area contributed by atoms with Crippen LogP contribution in [0.1, 0.15) is 39.7 Å². The predicted octanol–water partition coefficient (Wildman–Crippen LogP) is 3.95. The quantitative estimate of drug-likeness (QED) is 0.469. The highest BCUT2D eigenvalue weighted by Crippen LogP contribution is 2.28. The average Bonchev–Trinajstić information content (AvgIpc) is 2.76. The summed E-state index contributed by atoms with van der Waals surface area (Å²) >= 11 is 3.38. The van der Waals surface area contributed by atoms with Crippen molar-refractivity contribution in [3.05, 3.63) is 58.6 Å². The molecule has 0 aromatic heterocycles. The van der Waals surface area contributed by atoms with E-state index in [1.165, 1.54) is 4.90 Å². The van der Waals surface area contributed by atoms with E-state index < -0.39 is 34.1 Å². The summed E-state index contributed by atoms with van der Waals surface area (Å²) in [5, 5.41) is 2.94. The van der Waals surface area contributed by atoms with Crippen molar-refractivity contribution in [2.45, 2.75) is 52.2 Å². The second-order valence-electron chi connectivity index (χ2n) is 9.25. The van der Waals surface area contributed by atoms with Gasteiger partial charge in [0.1, 0.15) is 18.3 Å². The van der Waals surface area contributed by atoms with Gasteiger partial charge in [0.15, 0.2) is 0 Å². The minimum Gasteiger partial charge on any atom is -0.497 e. The number of hydrogen-bond donors (Lipinski definition) is 1. The molecule has 0 aliphatic carbocycles. The van der Waals surface area contributed by atoms with E-state index in [1.54, 1.807) is 43.5 Å². The third-order valence-electron chi connectivity index (χ3n) is 5.20. The molecule has 1 atom stereocenters. The van der Waals surface area contributed by atoms with Gasteiger partial charge >= 0.3 is 0 Å². The predicted molar refractivity (Wildman–Crippen MR) is 142 cm³/mol. The highest BCUT2D eigenvalue weighted by molar-refractivity contribution is 9.10. The fourth-order valence-electron chi connectivity index (χ4n) is 3.55. The third kappa shape index (κ3) is 8.24. The van der Waals surface area contributed by atoms with Gasteiger partial charge in [-0.05, 0) is 73.0 Å². The number of carbonyl (C=O) groups excluding carboxylic acids is 2. The van der Waals surface area contributed by atoms with Gasteiger partial charge < -0.3 is 15.0 Å². The van der Waals surface area contributed by atoms with E-state index in [0.717, 1.165) is 16.1 Å². The molecule has 1 N–H and O–H groups in total. The second kappa shape index (κ2) is 11.9. The van der Waals surface area contributed by atoms with Crippen LogP contribution < -0.4 is 14.4 Å². The maximum Gasteiger partial charge on any atom is 0.244 e. The molecule has 0 aliphatic rings. The van der Waals surface area contributed by atoms with Crippen molar-refractivity contribution < 1.29 is 22.7 Å². The van der Waals surface area contributed by atoms with E-state index in [1.807, 2.05) is 39.8 Å². The Morgan fingerprint density at radius 3 is 2.17 bits per heavy atom. The molecule has 0 bridgehead atoms. The van der Waals surface area contributed by atoms with E-state index in [4.69, 9.17) is 4.74 Å². The molecule has 2 aromatic carbocycles. The van der Waals surface area contributed by atoms with Gasteiger partial charge in [0.05, 0.1) is 19.1 Å². The molecule has 0 spiro atoms. The monoisotopic (exact) mass is 567 g/mol. The Labute approximate surface area is 216 Å². The van der Waals surface area contributed by atoms with E-state index in [0.29, 0.717) is 22.3 Å². The molecule has 0 heterocycles. The zero-order valence-corrected chi connectivity index (χ0v) is 23.4. The standard InChI is InChI=1S/C25H34BrN3O5S/c1-7-21(24(31)27-25(2,3)4)28(16-18-12-14-19(34-5)15-13-18)23(30)17-29(35(6,32)33)22-11-9-8-10-20(22)26/h8-15,21H,7,16-17H2,1-6H3,(H,27,31)/t21-/m0/s1. The molecule has 2 amide bonds. The van der Waals surface area contributed by atoms with Crippen LogP contribution >= 0.6 is 15.9 Å². The Balaban J connectivity index is 2.46. The third-order valence-corrected chi connectivity index (χ3v) is 6.99. The molecule has 0 unspecified atom stereocenters. The van der Waals surface area contributed by atoms with Crippen LogP contribution in [0.3, 0.4) is 0 Å². The lowest BCUT2D eigenvalue weighted by Crippen LogP contribution is -2.55. The number of ether oxygens (including phenoxy) is 1. The van der Waals surface area contributed by atoms with Crippen molar-refractivity contribution in [2.75, 3.05) is 24.2 Å². The van der Waals surface area contributed by atoms with Gasteiger partial charge in [-0.2, -0.15) is 0 Å². The van der Waals surface area contributed by atoms with Crippen LogP contribution in [0.15, 0.2) is 53.0 Å². The van der Waals surface area contributed by atoms with Crippen molar-refractivity contribution in [2.24, 2.45) is 0 Å². The molecule has 10 heteroatoms. The summed E-state index contributed by atoms with van der Waals surface area (Å²) in [5.74, 6) is -0.118. The SMILES string of the molecule is CC[C@@H](C(=O)NC(C)(C)C)N(Cc1ccc(OC)cc1)C(=O)CN(c1ccccc1Br)S(C)(=O)=O. The fraction of sp³-hybridized carbons (Fsp3) is 0.440. The van der Waals surface area contributed by atoms with Crippen molar-refractivity contribution in [1.82, 2.24) is 10.2 Å². The van der Waals surface area contributed by atoms with Crippen molar-refractivity contribution in [3.8, 4) is 5.75 Å². The number of halogens is 1. The highest BCUT2D eigenvalue weighted by atomic mass is 79.9. The van der Waals surface area contributed by atoms with Gasteiger partial charge in [0, 0.05) is 16.6 Å². The minimum atomic E-state index is -3.79. The van der Waals surface area contributed by atoms with Crippen molar-refractivity contribution in [3.63, 3.8) is 0 Å². The first-order valence-corrected chi connectivity index (χ1v) is 13.9. The molecule has 0 saturated carbocycles. The Morgan fingerprint density at radius 2 is 1.69 bits per heavy atom. The Hall–Kier alpha value is -2.59. The molecule has 0 radical (unpaired) electrons. The number of carbonyl (C=O) groups is 2. The molecule has 0 aliphatic heterocycles. The summed E-state index contributed by atoms with van der Waals surface area (Å²) < 4.78 is 32.1. The zero-order valence-electron chi connectivity index (χ0n) is 21.0. The number of anilines is 1. The van der Waals surface area contributed by atoms with Crippen LogP contribution in [0.4, 0.5) is 5.69 Å². The number of sulfonamides is 1. The number of nitrogens with zero attached hydrogens (tertiary/aromatic N) is 2. The number of benzene rings is 2. The first-order valence-electron chi connectivity index (χ1n) is 11.2. The molecule has 8 nitrogen and oxygen atoms in total. The molecule has 2 rings (SSSR count). The number of nitrogens with one attached hydrogen (secondary N) is 1.